The highest BCUT2D eigenvalue weighted by molar-refractivity contribution is 6.21. The molecule has 3 N–H and O–H groups in total. The fourth-order valence-corrected chi connectivity index (χ4v) is 2.57. The second kappa shape index (κ2) is 8.17. The standard InChI is InChI=1S/C16H13FN2O2.C2HF3O2/c17-11-7-5-10(6-8-11)14(9-18)19-15(20)12-3-1-2-4-13(12)16(19)21;3-2(4,5)1(6)7/h1-8,14H,9,18H2;(H,6,7)/t14-;/m1./s1. The molecule has 6 nitrogen and oxygen atoms in total. The lowest BCUT2D eigenvalue weighted by Crippen LogP contribution is -2.38. The smallest absolute Gasteiger partial charge is 0.475 e. The SMILES string of the molecule is NC[C@H](c1ccc(F)cc1)N1C(=O)c2ccccc2C1=O.O=C(O)C(F)(F)F. The number of imide groups is 1. The van der Waals surface area contributed by atoms with Crippen LogP contribution in [-0.2, 0) is 4.79 Å². The van der Waals surface area contributed by atoms with Gasteiger partial charge in [-0.2, -0.15) is 13.2 Å². The maximum absolute atomic E-state index is 13.0. The van der Waals surface area contributed by atoms with Crippen molar-refractivity contribution in [1.29, 1.82) is 0 Å². The molecule has 1 atom stereocenters. The van der Waals surface area contributed by atoms with Gasteiger partial charge in [-0.05, 0) is 29.8 Å². The molecule has 2 aromatic carbocycles. The maximum atomic E-state index is 13.0. The van der Waals surface area contributed by atoms with Crippen LogP contribution < -0.4 is 5.73 Å². The Balaban J connectivity index is 0.000000345. The quantitative estimate of drug-likeness (QED) is 0.612. The van der Waals surface area contributed by atoms with E-state index in [-0.39, 0.29) is 24.2 Å². The Morgan fingerprint density at radius 2 is 1.43 bits per heavy atom. The highest BCUT2D eigenvalue weighted by Gasteiger charge is 2.40. The van der Waals surface area contributed by atoms with Gasteiger partial charge in [0.15, 0.2) is 0 Å². The van der Waals surface area contributed by atoms with Gasteiger partial charge < -0.3 is 10.8 Å². The molecule has 0 fully saturated rings. The van der Waals surface area contributed by atoms with Gasteiger partial charge in [-0.15, -0.1) is 0 Å². The molecule has 148 valence electrons. The number of carboxylic acid groups (broad SMARTS) is 1. The topological polar surface area (TPSA) is 101 Å². The van der Waals surface area contributed by atoms with Crippen molar-refractivity contribution >= 4 is 17.8 Å². The molecule has 3 rings (SSSR count). The first-order chi connectivity index (χ1) is 13.1. The highest BCUT2D eigenvalue weighted by atomic mass is 19.4. The van der Waals surface area contributed by atoms with Crippen LogP contribution in [0.3, 0.4) is 0 Å². The van der Waals surface area contributed by atoms with Gasteiger partial charge in [0, 0.05) is 6.54 Å². The molecule has 0 bridgehead atoms. The van der Waals surface area contributed by atoms with Crippen molar-refractivity contribution in [2.24, 2.45) is 5.73 Å². The predicted octanol–water partition coefficient (Wildman–Crippen LogP) is 2.76. The summed E-state index contributed by atoms with van der Waals surface area (Å²) in [5.74, 6) is -3.87. The third-order valence-corrected chi connectivity index (χ3v) is 3.86. The summed E-state index contributed by atoms with van der Waals surface area (Å²) in [5, 5.41) is 7.12. The van der Waals surface area contributed by atoms with E-state index in [1.807, 2.05) is 0 Å². The zero-order valence-corrected chi connectivity index (χ0v) is 14.1. The van der Waals surface area contributed by atoms with Crippen molar-refractivity contribution in [1.82, 2.24) is 4.90 Å². The van der Waals surface area contributed by atoms with E-state index in [0.29, 0.717) is 16.7 Å². The van der Waals surface area contributed by atoms with E-state index in [0.717, 1.165) is 4.90 Å². The number of alkyl halides is 3. The summed E-state index contributed by atoms with van der Waals surface area (Å²) < 4.78 is 44.8. The minimum Gasteiger partial charge on any atom is -0.475 e. The summed E-state index contributed by atoms with van der Waals surface area (Å²) in [6.07, 6.45) is -5.08. The number of fused-ring (bicyclic) bond motifs is 1. The third-order valence-electron chi connectivity index (χ3n) is 3.86. The minimum atomic E-state index is -5.08. The number of carbonyl (C=O) groups is 3. The molecule has 1 aliphatic rings. The third kappa shape index (κ3) is 4.34. The van der Waals surface area contributed by atoms with Crippen LogP contribution in [0.4, 0.5) is 17.6 Å². The Morgan fingerprint density at radius 3 is 1.79 bits per heavy atom. The second-order valence-corrected chi connectivity index (χ2v) is 5.63. The summed E-state index contributed by atoms with van der Waals surface area (Å²) in [6.45, 7) is 0.0805. The largest absolute Gasteiger partial charge is 0.490 e. The van der Waals surface area contributed by atoms with E-state index in [2.05, 4.69) is 0 Å². The number of carbonyl (C=O) groups excluding carboxylic acids is 2. The summed E-state index contributed by atoms with van der Waals surface area (Å²) in [4.78, 5) is 34.9. The van der Waals surface area contributed by atoms with Crippen molar-refractivity contribution in [2.45, 2.75) is 12.2 Å². The number of amides is 2. The summed E-state index contributed by atoms with van der Waals surface area (Å²) in [6, 6.07) is 11.7. The van der Waals surface area contributed by atoms with Gasteiger partial charge in [-0.3, -0.25) is 14.5 Å². The first-order valence-electron chi connectivity index (χ1n) is 7.80. The van der Waals surface area contributed by atoms with Crippen LogP contribution in [0.2, 0.25) is 0 Å². The summed E-state index contributed by atoms with van der Waals surface area (Å²) in [7, 11) is 0. The molecule has 2 amide bonds. The van der Waals surface area contributed by atoms with Gasteiger partial charge >= 0.3 is 12.1 Å². The average molecular weight is 398 g/mol. The number of rotatable bonds is 3. The fourth-order valence-electron chi connectivity index (χ4n) is 2.57. The van der Waals surface area contributed by atoms with Gasteiger partial charge in [0.25, 0.3) is 11.8 Å². The molecule has 1 aliphatic heterocycles. The first kappa shape index (κ1) is 21.0. The Kier molecular flexibility index (Phi) is 6.14. The van der Waals surface area contributed by atoms with E-state index in [9.17, 15) is 27.2 Å². The van der Waals surface area contributed by atoms with Gasteiger partial charge in [-0.1, -0.05) is 24.3 Å². The van der Waals surface area contributed by atoms with E-state index < -0.39 is 18.2 Å². The number of nitrogens with zero attached hydrogens (tertiary/aromatic N) is 1. The van der Waals surface area contributed by atoms with E-state index >= 15 is 0 Å². The van der Waals surface area contributed by atoms with Gasteiger partial charge in [0.05, 0.1) is 17.2 Å². The molecule has 0 aromatic heterocycles. The second-order valence-electron chi connectivity index (χ2n) is 5.63. The maximum Gasteiger partial charge on any atom is 0.490 e. The summed E-state index contributed by atoms with van der Waals surface area (Å²) >= 11 is 0. The van der Waals surface area contributed by atoms with Gasteiger partial charge in [0.2, 0.25) is 0 Å². The van der Waals surface area contributed by atoms with Gasteiger partial charge in [-0.25, -0.2) is 9.18 Å². The minimum absolute atomic E-state index is 0.0805. The molecular weight excluding hydrogens is 384 g/mol. The monoisotopic (exact) mass is 398 g/mol. The zero-order chi connectivity index (χ0) is 21.1. The van der Waals surface area contributed by atoms with E-state index in [4.69, 9.17) is 15.6 Å². The Hall–Kier alpha value is -3.27. The van der Waals surface area contributed by atoms with Crippen molar-refractivity contribution in [3.63, 3.8) is 0 Å². The number of carboxylic acids is 1. The van der Waals surface area contributed by atoms with Crippen LogP contribution in [0.5, 0.6) is 0 Å². The predicted molar refractivity (Wildman–Crippen MR) is 88.8 cm³/mol. The Morgan fingerprint density at radius 1 is 1.00 bits per heavy atom. The van der Waals surface area contributed by atoms with Gasteiger partial charge in [0.1, 0.15) is 5.82 Å². The average Bonchev–Trinajstić information content (AvgIpc) is 2.89. The molecule has 0 spiro atoms. The lowest BCUT2D eigenvalue weighted by molar-refractivity contribution is -0.192. The number of benzene rings is 2. The number of aliphatic carboxylic acids is 1. The molecule has 0 aliphatic carbocycles. The normalized spacial score (nSPS) is 14.2. The van der Waals surface area contributed by atoms with E-state index in [1.165, 1.54) is 24.3 Å². The van der Waals surface area contributed by atoms with Crippen molar-refractivity contribution in [3.05, 3.63) is 71.0 Å². The number of hydrogen-bond acceptors (Lipinski definition) is 4. The van der Waals surface area contributed by atoms with Crippen molar-refractivity contribution < 1.29 is 37.1 Å². The Labute approximate surface area is 156 Å². The van der Waals surface area contributed by atoms with Crippen molar-refractivity contribution in [3.8, 4) is 0 Å². The molecule has 0 saturated heterocycles. The fraction of sp³-hybridized carbons (Fsp3) is 0.167. The molecule has 0 unspecified atom stereocenters. The molecular formula is C18H14F4N2O4. The van der Waals surface area contributed by atoms with Crippen LogP contribution >= 0.6 is 0 Å². The molecule has 28 heavy (non-hydrogen) atoms. The van der Waals surface area contributed by atoms with Crippen LogP contribution in [0, 0.1) is 5.82 Å². The lowest BCUT2D eigenvalue weighted by atomic mass is 10.1. The number of hydrogen-bond donors (Lipinski definition) is 2. The van der Waals surface area contributed by atoms with Crippen LogP contribution in [0.1, 0.15) is 32.3 Å². The highest BCUT2D eigenvalue weighted by Crippen LogP contribution is 2.30. The molecule has 0 radical (unpaired) electrons. The summed E-state index contributed by atoms with van der Waals surface area (Å²) in [5.41, 5.74) is 7.13. The Bertz CT molecular complexity index is 862. The molecule has 2 aromatic rings. The van der Waals surface area contributed by atoms with Crippen molar-refractivity contribution in [2.75, 3.05) is 6.54 Å². The molecule has 10 heteroatoms. The number of nitrogens with two attached hydrogens (primary N) is 1. The van der Waals surface area contributed by atoms with Crippen LogP contribution in [0.15, 0.2) is 48.5 Å². The molecule has 0 saturated carbocycles. The lowest BCUT2D eigenvalue weighted by Gasteiger charge is -2.25. The van der Waals surface area contributed by atoms with E-state index in [1.54, 1.807) is 24.3 Å². The zero-order valence-electron chi connectivity index (χ0n) is 14.1. The van der Waals surface area contributed by atoms with Crippen LogP contribution in [-0.4, -0.2) is 40.5 Å². The molecule has 1 heterocycles. The number of halogens is 4. The van der Waals surface area contributed by atoms with Crippen LogP contribution in [0.25, 0.3) is 0 Å². The first-order valence-corrected chi connectivity index (χ1v) is 7.80.